The lowest BCUT2D eigenvalue weighted by molar-refractivity contribution is -0.132. The highest BCUT2D eigenvalue weighted by Crippen LogP contribution is 2.23. The summed E-state index contributed by atoms with van der Waals surface area (Å²) in [5.41, 5.74) is 6.67. The fourth-order valence-corrected chi connectivity index (χ4v) is 4.10. The van der Waals surface area contributed by atoms with Crippen molar-refractivity contribution in [2.75, 3.05) is 12.3 Å². The number of rotatable bonds is 8. The number of hydrogen-bond acceptors (Lipinski definition) is 6. The number of carbonyl (C=O) groups is 2. The first-order valence-corrected chi connectivity index (χ1v) is 9.87. The number of hydrogen-bond donors (Lipinski definition) is 2. The molecule has 0 heterocycles. The van der Waals surface area contributed by atoms with Crippen LogP contribution in [0.2, 0.25) is 0 Å². The number of aromatic hydroxyl groups is 1. The first kappa shape index (κ1) is 20.4. The molecule has 27 heavy (non-hydrogen) atoms. The highest BCUT2D eigenvalue weighted by molar-refractivity contribution is 7.89. The SMILES string of the molecule is CCC(Cc1cccc(O)c1)C(=O)N(CC=O)S(=O)(=O)c1ccc(N)cc1. The van der Waals surface area contributed by atoms with Crippen LogP contribution in [0.25, 0.3) is 0 Å². The number of anilines is 1. The molecule has 1 amide bonds. The lowest BCUT2D eigenvalue weighted by Crippen LogP contribution is -2.42. The summed E-state index contributed by atoms with van der Waals surface area (Å²) in [6.07, 6.45) is 1.01. The molecule has 1 atom stereocenters. The molecule has 2 rings (SSSR count). The molecular formula is C19H22N2O5S. The standard InChI is InChI=1S/C19H22N2O5S/c1-2-15(12-14-4-3-5-17(23)13-14)19(24)21(10-11-22)27(25,26)18-8-6-16(20)7-9-18/h3-9,11,13,15,23H,2,10,12,20H2,1H3. The molecule has 0 radical (unpaired) electrons. The Bertz CT molecular complexity index is 910. The number of nitrogens with zero attached hydrogens (tertiary/aromatic N) is 1. The van der Waals surface area contributed by atoms with E-state index in [0.717, 1.165) is 0 Å². The molecular weight excluding hydrogens is 368 g/mol. The molecule has 0 saturated carbocycles. The van der Waals surface area contributed by atoms with Gasteiger partial charge in [0.15, 0.2) is 0 Å². The van der Waals surface area contributed by atoms with Gasteiger partial charge in [-0.2, -0.15) is 0 Å². The largest absolute Gasteiger partial charge is 0.508 e. The lowest BCUT2D eigenvalue weighted by Gasteiger charge is -2.25. The van der Waals surface area contributed by atoms with Crippen LogP contribution in [-0.2, 0) is 26.0 Å². The number of carbonyl (C=O) groups excluding carboxylic acids is 2. The number of aldehydes is 1. The zero-order valence-corrected chi connectivity index (χ0v) is 15.7. The third-order valence-electron chi connectivity index (χ3n) is 4.19. The van der Waals surface area contributed by atoms with Gasteiger partial charge >= 0.3 is 0 Å². The molecule has 3 N–H and O–H groups in total. The van der Waals surface area contributed by atoms with Crippen molar-refractivity contribution in [1.82, 2.24) is 4.31 Å². The number of amides is 1. The maximum absolute atomic E-state index is 12.9. The van der Waals surface area contributed by atoms with E-state index in [-0.39, 0.29) is 17.1 Å². The Hall–Kier alpha value is -2.87. The van der Waals surface area contributed by atoms with Gasteiger partial charge in [0.05, 0.1) is 11.4 Å². The Morgan fingerprint density at radius 2 is 1.89 bits per heavy atom. The monoisotopic (exact) mass is 390 g/mol. The van der Waals surface area contributed by atoms with Gasteiger partial charge in [-0.1, -0.05) is 19.1 Å². The van der Waals surface area contributed by atoms with Crippen molar-refractivity contribution < 1.29 is 23.1 Å². The summed E-state index contributed by atoms with van der Waals surface area (Å²) in [7, 11) is -4.19. The predicted octanol–water partition coefficient (Wildman–Crippen LogP) is 1.96. The minimum absolute atomic E-state index is 0.0639. The van der Waals surface area contributed by atoms with Crippen molar-refractivity contribution in [2.45, 2.75) is 24.7 Å². The molecule has 0 aromatic heterocycles. The summed E-state index contributed by atoms with van der Waals surface area (Å²) in [5.74, 6) is -1.26. The fourth-order valence-electron chi connectivity index (χ4n) is 2.72. The van der Waals surface area contributed by atoms with E-state index in [9.17, 15) is 23.1 Å². The van der Waals surface area contributed by atoms with Crippen LogP contribution >= 0.6 is 0 Å². The van der Waals surface area contributed by atoms with Gasteiger partial charge in [-0.05, 0) is 54.8 Å². The first-order chi connectivity index (χ1) is 12.8. The second-order valence-electron chi connectivity index (χ2n) is 6.09. The Morgan fingerprint density at radius 3 is 2.44 bits per heavy atom. The van der Waals surface area contributed by atoms with Crippen molar-refractivity contribution >= 4 is 27.9 Å². The summed E-state index contributed by atoms with van der Waals surface area (Å²) in [5, 5.41) is 9.58. The average Bonchev–Trinajstić information content (AvgIpc) is 2.64. The Kier molecular flexibility index (Phi) is 6.57. The molecule has 7 nitrogen and oxygen atoms in total. The van der Waals surface area contributed by atoms with Crippen LogP contribution in [0.3, 0.4) is 0 Å². The quantitative estimate of drug-likeness (QED) is 0.525. The van der Waals surface area contributed by atoms with Crippen molar-refractivity contribution in [1.29, 1.82) is 0 Å². The molecule has 0 fully saturated rings. The number of benzene rings is 2. The summed E-state index contributed by atoms with van der Waals surface area (Å²) < 4.78 is 26.3. The van der Waals surface area contributed by atoms with Crippen LogP contribution in [0.5, 0.6) is 5.75 Å². The van der Waals surface area contributed by atoms with E-state index in [1.807, 2.05) is 0 Å². The van der Waals surface area contributed by atoms with Gasteiger partial charge in [0, 0.05) is 11.6 Å². The van der Waals surface area contributed by atoms with E-state index in [4.69, 9.17) is 5.73 Å². The third kappa shape index (κ3) is 4.85. The highest BCUT2D eigenvalue weighted by Gasteiger charge is 2.33. The van der Waals surface area contributed by atoms with Gasteiger partial charge in [-0.3, -0.25) is 4.79 Å². The maximum atomic E-state index is 12.9. The molecule has 1 unspecified atom stereocenters. The van der Waals surface area contributed by atoms with E-state index in [0.29, 0.717) is 28.3 Å². The molecule has 0 spiro atoms. The molecule has 0 bridgehead atoms. The molecule has 2 aromatic rings. The molecule has 0 saturated heterocycles. The number of nitrogens with two attached hydrogens (primary N) is 1. The Labute approximate surface area is 158 Å². The third-order valence-corrected chi connectivity index (χ3v) is 5.97. The van der Waals surface area contributed by atoms with Crippen LogP contribution in [0, 0.1) is 5.92 Å². The van der Waals surface area contributed by atoms with E-state index < -0.39 is 28.4 Å². The second kappa shape index (κ2) is 8.68. The topological polar surface area (TPSA) is 118 Å². The van der Waals surface area contributed by atoms with Crippen molar-refractivity contribution in [3.05, 3.63) is 54.1 Å². The highest BCUT2D eigenvalue weighted by atomic mass is 32.2. The van der Waals surface area contributed by atoms with Crippen LogP contribution in [-0.4, -0.2) is 36.6 Å². The van der Waals surface area contributed by atoms with Gasteiger partial charge in [0.25, 0.3) is 10.0 Å². The lowest BCUT2D eigenvalue weighted by atomic mass is 9.96. The van der Waals surface area contributed by atoms with Crippen molar-refractivity contribution in [3.63, 3.8) is 0 Å². The van der Waals surface area contributed by atoms with Crippen molar-refractivity contribution in [2.24, 2.45) is 5.92 Å². The van der Waals surface area contributed by atoms with E-state index in [2.05, 4.69) is 0 Å². The zero-order chi connectivity index (χ0) is 20.0. The molecule has 0 aliphatic heterocycles. The normalized spacial score (nSPS) is 12.3. The van der Waals surface area contributed by atoms with Gasteiger partial charge in [-0.15, -0.1) is 0 Å². The Morgan fingerprint density at radius 1 is 1.22 bits per heavy atom. The van der Waals surface area contributed by atoms with Gasteiger partial charge in [0.2, 0.25) is 5.91 Å². The summed E-state index contributed by atoms with van der Waals surface area (Å²) in [6, 6.07) is 11.9. The number of nitrogen functional groups attached to an aromatic ring is 1. The van der Waals surface area contributed by atoms with Gasteiger partial charge in [0.1, 0.15) is 12.0 Å². The minimum atomic E-state index is -4.19. The number of phenols is 1. The summed E-state index contributed by atoms with van der Waals surface area (Å²) in [6.45, 7) is 1.20. The summed E-state index contributed by atoms with van der Waals surface area (Å²) in [4.78, 5) is 23.9. The Balaban J connectivity index is 2.33. The van der Waals surface area contributed by atoms with Crippen LogP contribution in [0.4, 0.5) is 5.69 Å². The molecule has 2 aromatic carbocycles. The van der Waals surface area contributed by atoms with E-state index >= 15 is 0 Å². The number of phenolic OH excluding ortho intramolecular Hbond substituents is 1. The van der Waals surface area contributed by atoms with Crippen molar-refractivity contribution in [3.8, 4) is 5.75 Å². The van der Waals surface area contributed by atoms with E-state index in [1.165, 1.54) is 36.4 Å². The van der Waals surface area contributed by atoms with Crippen LogP contribution in [0.1, 0.15) is 18.9 Å². The zero-order valence-electron chi connectivity index (χ0n) is 14.9. The second-order valence-corrected chi connectivity index (χ2v) is 7.95. The smallest absolute Gasteiger partial charge is 0.266 e. The van der Waals surface area contributed by atoms with Crippen LogP contribution in [0.15, 0.2) is 53.4 Å². The van der Waals surface area contributed by atoms with Crippen LogP contribution < -0.4 is 5.73 Å². The first-order valence-electron chi connectivity index (χ1n) is 8.43. The van der Waals surface area contributed by atoms with E-state index in [1.54, 1.807) is 19.1 Å². The molecule has 0 aliphatic carbocycles. The minimum Gasteiger partial charge on any atom is -0.508 e. The van der Waals surface area contributed by atoms with Gasteiger partial charge < -0.3 is 15.6 Å². The predicted molar refractivity (Wildman–Crippen MR) is 101 cm³/mol. The maximum Gasteiger partial charge on any atom is 0.266 e. The summed E-state index contributed by atoms with van der Waals surface area (Å²) >= 11 is 0. The molecule has 144 valence electrons. The number of sulfonamides is 1. The van der Waals surface area contributed by atoms with Gasteiger partial charge in [-0.25, -0.2) is 12.7 Å². The molecule has 8 heteroatoms. The average molecular weight is 390 g/mol. The fraction of sp³-hybridized carbons (Fsp3) is 0.263. The molecule has 0 aliphatic rings.